The zero-order valence-electron chi connectivity index (χ0n) is 20.7. The summed E-state index contributed by atoms with van der Waals surface area (Å²) >= 11 is 5.95. The second kappa shape index (κ2) is 13.0. The van der Waals surface area contributed by atoms with E-state index in [0.29, 0.717) is 16.3 Å². The number of halogens is 3. The van der Waals surface area contributed by atoms with Gasteiger partial charge in [0.2, 0.25) is 0 Å². The van der Waals surface area contributed by atoms with Crippen molar-refractivity contribution in [3.05, 3.63) is 70.9 Å². The topological polar surface area (TPSA) is 121 Å². The molecule has 0 aliphatic heterocycles. The maximum absolute atomic E-state index is 13.7. The first-order valence-electron chi connectivity index (χ1n) is 11.8. The Morgan fingerprint density at radius 1 is 1.16 bits per heavy atom. The average molecular weight is 549 g/mol. The summed E-state index contributed by atoms with van der Waals surface area (Å²) in [5.74, 6) is -2.02. The quantitative estimate of drug-likeness (QED) is 0.305. The fraction of sp³-hybridized carbons (Fsp3) is 0.308. The molecule has 1 unspecified atom stereocenters. The summed E-state index contributed by atoms with van der Waals surface area (Å²) in [7, 11) is 1.44. The van der Waals surface area contributed by atoms with Gasteiger partial charge in [-0.25, -0.2) is 23.4 Å². The van der Waals surface area contributed by atoms with E-state index in [4.69, 9.17) is 16.3 Å². The Balaban J connectivity index is 1.70. The summed E-state index contributed by atoms with van der Waals surface area (Å²) in [6.45, 7) is 1.65. The number of carbonyl (C=O) groups is 3. The second-order valence-corrected chi connectivity index (χ2v) is 8.90. The molecule has 0 bridgehead atoms. The number of rotatable bonds is 10. The number of ether oxygens (including phenoxy) is 1. The molecule has 0 saturated heterocycles. The summed E-state index contributed by atoms with van der Waals surface area (Å²) in [6, 6.07) is 8.46. The van der Waals surface area contributed by atoms with Gasteiger partial charge in [-0.05, 0) is 54.1 Å². The lowest BCUT2D eigenvalue weighted by atomic mass is 10.0. The van der Waals surface area contributed by atoms with Crippen molar-refractivity contribution in [3.8, 4) is 0 Å². The first-order valence-corrected chi connectivity index (χ1v) is 12.1. The number of hydrogen-bond acceptors (Lipinski definition) is 5. The number of likely N-dealkylation sites (N-methyl/N-ethyl adjacent to an activating group) is 1. The molecule has 3 amide bonds. The molecule has 0 saturated carbocycles. The van der Waals surface area contributed by atoms with E-state index in [9.17, 15) is 28.3 Å². The molecule has 9 nitrogen and oxygen atoms in total. The number of aromatic nitrogens is 1. The second-order valence-electron chi connectivity index (χ2n) is 8.52. The molecule has 3 N–H and O–H groups in total. The third-order valence-corrected chi connectivity index (χ3v) is 6.36. The van der Waals surface area contributed by atoms with Crippen LogP contribution < -0.4 is 10.6 Å². The number of pyridine rings is 1. The summed E-state index contributed by atoms with van der Waals surface area (Å²) < 4.78 is 32.8. The van der Waals surface area contributed by atoms with Crippen molar-refractivity contribution in [2.45, 2.75) is 44.9 Å². The number of nitrogens with one attached hydrogen (secondary N) is 2. The van der Waals surface area contributed by atoms with Crippen molar-refractivity contribution >= 4 is 46.3 Å². The summed E-state index contributed by atoms with van der Waals surface area (Å²) in [5.41, 5.74) is 0.362. The van der Waals surface area contributed by atoms with E-state index < -0.39 is 41.9 Å². The van der Waals surface area contributed by atoms with Gasteiger partial charge in [-0.1, -0.05) is 30.7 Å². The Hall–Kier alpha value is -3.99. The van der Waals surface area contributed by atoms with Crippen LogP contribution in [0.1, 0.15) is 31.7 Å². The molecule has 38 heavy (non-hydrogen) atoms. The van der Waals surface area contributed by atoms with Gasteiger partial charge in [-0.2, -0.15) is 0 Å². The number of fused-ring (bicyclic) bond motifs is 1. The van der Waals surface area contributed by atoms with Gasteiger partial charge < -0.3 is 20.1 Å². The summed E-state index contributed by atoms with van der Waals surface area (Å²) in [6.07, 6.45) is -0.292. The molecule has 1 aromatic heterocycles. The first kappa shape index (κ1) is 28.6. The molecule has 2 aromatic carbocycles. The molecular formula is C26H27ClF2N4O5. The maximum atomic E-state index is 13.7. The van der Waals surface area contributed by atoms with Gasteiger partial charge in [0.1, 0.15) is 23.6 Å². The zero-order valence-corrected chi connectivity index (χ0v) is 21.5. The van der Waals surface area contributed by atoms with E-state index >= 15 is 0 Å². The van der Waals surface area contributed by atoms with Gasteiger partial charge in [0, 0.05) is 31.6 Å². The first-order chi connectivity index (χ1) is 18.1. The zero-order chi connectivity index (χ0) is 27.8. The van der Waals surface area contributed by atoms with Crippen LogP contribution in [-0.4, -0.2) is 52.3 Å². The molecule has 202 valence electrons. The number of anilines is 1. The van der Waals surface area contributed by atoms with Gasteiger partial charge in [0.05, 0.1) is 11.1 Å². The highest BCUT2D eigenvalue weighted by Crippen LogP contribution is 2.22. The molecule has 0 aliphatic carbocycles. The number of nitrogens with zero attached hydrogens (tertiary/aromatic N) is 2. The van der Waals surface area contributed by atoms with E-state index in [1.54, 1.807) is 19.1 Å². The van der Waals surface area contributed by atoms with Crippen LogP contribution in [0.25, 0.3) is 10.8 Å². The maximum Gasteiger partial charge on any atom is 0.413 e. The number of aliphatic carboxylic acids is 1. The standard InChI is InChI=1S/C26H27ClF2N4O5/c1-3-21(38-26(37)32-22-12-17-11-18(28)8-7-15(17)13-30-22)20(9-10-23(34)35)33(2)25(36)31-14-16-5-4-6-19(29)24(16)27/h4-8,11-13,20-21H,3,9-10,14H2,1-2H3,(H,31,36)(H,34,35)(H,30,32,37)/t20-,21?/m0/s1. The van der Waals surface area contributed by atoms with Crippen molar-refractivity contribution in [3.63, 3.8) is 0 Å². The highest BCUT2D eigenvalue weighted by molar-refractivity contribution is 6.31. The number of amides is 3. The van der Waals surface area contributed by atoms with Crippen molar-refractivity contribution in [1.82, 2.24) is 15.2 Å². The normalized spacial score (nSPS) is 12.4. The van der Waals surface area contributed by atoms with E-state index in [2.05, 4.69) is 15.6 Å². The third-order valence-electron chi connectivity index (χ3n) is 5.94. The van der Waals surface area contributed by atoms with E-state index in [1.807, 2.05) is 0 Å². The Labute approximate surface area is 222 Å². The lowest BCUT2D eigenvalue weighted by Gasteiger charge is -2.33. The van der Waals surface area contributed by atoms with Crippen LogP contribution in [0.5, 0.6) is 0 Å². The summed E-state index contributed by atoms with van der Waals surface area (Å²) in [4.78, 5) is 42.2. The molecule has 0 radical (unpaired) electrons. The molecule has 2 atom stereocenters. The Bertz CT molecular complexity index is 1330. The lowest BCUT2D eigenvalue weighted by molar-refractivity contribution is -0.137. The number of carboxylic acid groups (broad SMARTS) is 1. The SMILES string of the molecule is CCC(OC(=O)Nc1cc2cc(F)ccc2cn1)[C@H](CCC(=O)O)N(C)C(=O)NCc1cccc(F)c1Cl. The average Bonchev–Trinajstić information content (AvgIpc) is 2.88. The summed E-state index contributed by atoms with van der Waals surface area (Å²) in [5, 5.41) is 15.4. The van der Waals surface area contributed by atoms with E-state index in [1.165, 1.54) is 48.5 Å². The number of carbonyl (C=O) groups excluding carboxylic acids is 2. The molecule has 3 aromatic rings. The Morgan fingerprint density at radius 3 is 2.63 bits per heavy atom. The smallest absolute Gasteiger partial charge is 0.413 e. The predicted molar refractivity (Wildman–Crippen MR) is 138 cm³/mol. The van der Waals surface area contributed by atoms with Crippen molar-refractivity contribution in [1.29, 1.82) is 0 Å². The minimum Gasteiger partial charge on any atom is -0.481 e. The van der Waals surface area contributed by atoms with E-state index in [-0.39, 0.29) is 36.6 Å². The van der Waals surface area contributed by atoms with Crippen LogP contribution in [0.3, 0.4) is 0 Å². The third kappa shape index (κ3) is 7.51. The Kier molecular flexibility index (Phi) is 9.78. The molecule has 0 spiro atoms. The lowest BCUT2D eigenvalue weighted by Crippen LogP contribution is -2.50. The molecule has 3 rings (SSSR count). The minimum absolute atomic E-state index is 0.000731. The van der Waals surface area contributed by atoms with Crippen LogP contribution in [-0.2, 0) is 16.1 Å². The minimum atomic E-state index is -1.08. The number of urea groups is 1. The number of hydrogen-bond donors (Lipinski definition) is 3. The van der Waals surface area contributed by atoms with Crippen LogP contribution in [0.2, 0.25) is 5.02 Å². The van der Waals surface area contributed by atoms with Crippen LogP contribution in [0.15, 0.2) is 48.7 Å². The van der Waals surface area contributed by atoms with Gasteiger partial charge in [-0.15, -0.1) is 0 Å². The van der Waals surface area contributed by atoms with Gasteiger partial charge >= 0.3 is 18.1 Å². The molecule has 12 heteroatoms. The largest absolute Gasteiger partial charge is 0.481 e. The highest BCUT2D eigenvalue weighted by atomic mass is 35.5. The highest BCUT2D eigenvalue weighted by Gasteiger charge is 2.31. The van der Waals surface area contributed by atoms with Crippen molar-refractivity contribution in [2.24, 2.45) is 0 Å². The van der Waals surface area contributed by atoms with Crippen molar-refractivity contribution in [2.75, 3.05) is 12.4 Å². The number of benzene rings is 2. The van der Waals surface area contributed by atoms with Crippen LogP contribution >= 0.6 is 11.6 Å². The number of carboxylic acids is 1. The molecule has 0 fully saturated rings. The molecular weight excluding hydrogens is 522 g/mol. The fourth-order valence-electron chi connectivity index (χ4n) is 3.92. The van der Waals surface area contributed by atoms with Crippen LogP contribution in [0, 0.1) is 11.6 Å². The van der Waals surface area contributed by atoms with Crippen molar-refractivity contribution < 1.29 is 33.0 Å². The van der Waals surface area contributed by atoms with Crippen LogP contribution in [0.4, 0.5) is 24.2 Å². The molecule has 0 aliphatic rings. The van der Waals surface area contributed by atoms with Gasteiger partial charge in [0.25, 0.3) is 0 Å². The fourth-order valence-corrected chi connectivity index (χ4v) is 4.11. The van der Waals surface area contributed by atoms with E-state index in [0.717, 1.165) is 0 Å². The monoisotopic (exact) mass is 548 g/mol. The Morgan fingerprint density at radius 2 is 1.92 bits per heavy atom. The van der Waals surface area contributed by atoms with Gasteiger partial charge in [-0.3, -0.25) is 10.1 Å². The van der Waals surface area contributed by atoms with Gasteiger partial charge in [0.15, 0.2) is 0 Å². The molecule has 1 heterocycles. The predicted octanol–water partition coefficient (Wildman–Crippen LogP) is 5.57.